The van der Waals surface area contributed by atoms with Crippen molar-refractivity contribution >= 4 is 11.9 Å². The highest BCUT2D eigenvalue weighted by Gasteiger charge is 2.41. The van der Waals surface area contributed by atoms with Gasteiger partial charge in [-0.15, -0.1) is 0 Å². The zero-order chi connectivity index (χ0) is 17.9. The highest BCUT2D eigenvalue weighted by Crippen LogP contribution is 2.39. The first-order chi connectivity index (χ1) is 12.0. The highest BCUT2D eigenvalue weighted by atomic mass is 16.4. The van der Waals surface area contributed by atoms with E-state index in [9.17, 15) is 19.8 Å². The predicted molar refractivity (Wildman–Crippen MR) is 93.2 cm³/mol. The Bertz CT molecular complexity index is 648. The van der Waals surface area contributed by atoms with E-state index >= 15 is 0 Å². The Labute approximate surface area is 148 Å². The molecule has 0 aliphatic carbocycles. The lowest BCUT2D eigenvalue weighted by atomic mass is 9.73. The van der Waals surface area contributed by atoms with Crippen LogP contribution < -0.4 is 0 Å². The Morgan fingerprint density at radius 3 is 2.76 bits per heavy atom. The first-order valence-corrected chi connectivity index (χ1v) is 8.95. The van der Waals surface area contributed by atoms with Gasteiger partial charge in [0.1, 0.15) is 0 Å². The number of hydrogen-bond acceptors (Lipinski definition) is 4. The fraction of sp³-hybridized carbons (Fsp3) is 0.579. The summed E-state index contributed by atoms with van der Waals surface area (Å²) in [5.41, 5.74) is 1.27. The van der Waals surface area contributed by atoms with E-state index in [1.54, 1.807) is 17.0 Å². The number of nitrogens with zero attached hydrogens (tertiary/aromatic N) is 2. The molecule has 2 N–H and O–H groups in total. The maximum Gasteiger partial charge on any atom is 0.336 e. The van der Waals surface area contributed by atoms with E-state index in [2.05, 4.69) is 4.90 Å². The quantitative estimate of drug-likeness (QED) is 0.846. The van der Waals surface area contributed by atoms with Crippen LogP contribution in [0.5, 0.6) is 0 Å². The number of aliphatic hydroxyl groups is 1. The number of piperidine rings is 2. The molecule has 0 unspecified atom stereocenters. The van der Waals surface area contributed by atoms with E-state index in [4.69, 9.17) is 0 Å². The summed E-state index contributed by atoms with van der Waals surface area (Å²) < 4.78 is 0. The van der Waals surface area contributed by atoms with Gasteiger partial charge in [-0.1, -0.05) is 18.2 Å². The van der Waals surface area contributed by atoms with Crippen LogP contribution in [-0.4, -0.2) is 64.7 Å². The Balaban J connectivity index is 1.71. The molecule has 1 spiro atoms. The second-order valence-corrected chi connectivity index (χ2v) is 7.32. The van der Waals surface area contributed by atoms with Crippen LogP contribution in [0.15, 0.2) is 24.3 Å². The van der Waals surface area contributed by atoms with Gasteiger partial charge in [-0.2, -0.15) is 0 Å². The van der Waals surface area contributed by atoms with Crippen molar-refractivity contribution in [3.63, 3.8) is 0 Å². The van der Waals surface area contributed by atoms with Gasteiger partial charge in [0, 0.05) is 38.0 Å². The van der Waals surface area contributed by atoms with Crippen LogP contribution in [0.2, 0.25) is 0 Å². The molecular formula is C19H26N2O4. The van der Waals surface area contributed by atoms with Gasteiger partial charge in [-0.3, -0.25) is 9.69 Å². The van der Waals surface area contributed by atoms with E-state index in [1.807, 2.05) is 12.1 Å². The van der Waals surface area contributed by atoms with Gasteiger partial charge in [0.05, 0.1) is 12.2 Å². The number of rotatable bonds is 5. The number of carboxylic acid groups (broad SMARTS) is 1. The Morgan fingerprint density at radius 2 is 2.00 bits per heavy atom. The maximum atomic E-state index is 12.0. The molecule has 3 rings (SSSR count). The van der Waals surface area contributed by atoms with E-state index in [0.29, 0.717) is 31.6 Å². The monoisotopic (exact) mass is 346 g/mol. The SMILES string of the molecule is O=C(O)c1ccccc1CN1CCC[C@]2(CCC(=O)N(CCO)C2)C1. The minimum absolute atomic E-state index is 0.00246. The summed E-state index contributed by atoms with van der Waals surface area (Å²) in [6.45, 7) is 3.54. The average Bonchev–Trinajstić information content (AvgIpc) is 2.59. The van der Waals surface area contributed by atoms with E-state index < -0.39 is 5.97 Å². The normalized spacial score (nSPS) is 24.7. The molecule has 0 radical (unpaired) electrons. The summed E-state index contributed by atoms with van der Waals surface area (Å²) in [5.74, 6) is -0.757. The van der Waals surface area contributed by atoms with E-state index in [1.165, 1.54) is 0 Å². The number of benzene rings is 1. The molecule has 25 heavy (non-hydrogen) atoms. The smallest absolute Gasteiger partial charge is 0.336 e. The zero-order valence-corrected chi connectivity index (χ0v) is 14.5. The Kier molecular flexibility index (Phi) is 5.39. The van der Waals surface area contributed by atoms with Crippen molar-refractivity contribution in [2.24, 2.45) is 5.41 Å². The topological polar surface area (TPSA) is 81.1 Å². The molecule has 1 aromatic carbocycles. The van der Waals surface area contributed by atoms with E-state index in [-0.39, 0.29) is 17.9 Å². The van der Waals surface area contributed by atoms with Crippen molar-refractivity contribution in [2.45, 2.75) is 32.2 Å². The van der Waals surface area contributed by atoms with Gasteiger partial charge in [-0.05, 0) is 37.4 Å². The molecule has 6 heteroatoms. The molecule has 2 saturated heterocycles. The number of amides is 1. The number of carbonyl (C=O) groups is 2. The first kappa shape index (κ1) is 17.9. The van der Waals surface area contributed by atoms with Crippen LogP contribution in [0.4, 0.5) is 0 Å². The molecule has 0 saturated carbocycles. The van der Waals surface area contributed by atoms with Crippen LogP contribution in [0, 0.1) is 5.41 Å². The summed E-state index contributed by atoms with van der Waals surface area (Å²) in [7, 11) is 0. The zero-order valence-electron chi connectivity index (χ0n) is 14.5. The number of carboxylic acids is 1. The van der Waals surface area contributed by atoms with Crippen molar-refractivity contribution in [1.29, 1.82) is 0 Å². The summed E-state index contributed by atoms with van der Waals surface area (Å²) in [5, 5.41) is 18.6. The average molecular weight is 346 g/mol. The van der Waals surface area contributed by atoms with Crippen molar-refractivity contribution < 1.29 is 19.8 Å². The fourth-order valence-corrected chi connectivity index (χ4v) is 4.31. The highest BCUT2D eigenvalue weighted by molar-refractivity contribution is 5.89. The van der Waals surface area contributed by atoms with Crippen LogP contribution in [0.3, 0.4) is 0 Å². The molecular weight excluding hydrogens is 320 g/mol. The number of β-amino-alcohol motifs (C(OH)–C–C–N with tert-alkyl or cyclic N) is 1. The second-order valence-electron chi connectivity index (χ2n) is 7.32. The van der Waals surface area contributed by atoms with Crippen LogP contribution in [0.25, 0.3) is 0 Å². The fourth-order valence-electron chi connectivity index (χ4n) is 4.31. The molecule has 1 aromatic rings. The van der Waals surface area contributed by atoms with Crippen molar-refractivity contribution in [2.75, 3.05) is 32.8 Å². The van der Waals surface area contributed by atoms with Gasteiger partial charge in [0.2, 0.25) is 5.91 Å². The lowest BCUT2D eigenvalue weighted by Gasteiger charge is -2.48. The maximum absolute atomic E-state index is 12.0. The molecule has 1 atom stereocenters. The third kappa shape index (κ3) is 4.02. The molecule has 136 valence electrons. The minimum atomic E-state index is -0.889. The van der Waals surface area contributed by atoms with Gasteiger partial charge in [0.25, 0.3) is 0 Å². The van der Waals surface area contributed by atoms with Gasteiger partial charge in [-0.25, -0.2) is 4.79 Å². The predicted octanol–water partition coefficient (Wildman–Crippen LogP) is 1.58. The van der Waals surface area contributed by atoms with Crippen LogP contribution in [-0.2, 0) is 11.3 Å². The summed E-state index contributed by atoms with van der Waals surface area (Å²) >= 11 is 0. The van der Waals surface area contributed by atoms with Crippen molar-refractivity contribution in [3.8, 4) is 0 Å². The molecule has 0 bridgehead atoms. The van der Waals surface area contributed by atoms with Crippen molar-refractivity contribution in [3.05, 3.63) is 35.4 Å². The first-order valence-electron chi connectivity index (χ1n) is 8.95. The minimum Gasteiger partial charge on any atom is -0.478 e. The van der Waals surface area contributed by atoms with Gasteiger partial charge in [0.15, 0.2) is 0 Å². The Hall–Kier alpha value is -1.92. The molecule has 2 fully saturated rings. The van der Waals surface area contributed by atoms with E-state index in [0.717, 1.165) is 37.9 Å². The van der Waals surface area contributed by atoms with Gasteiger partial charge < -0.3 is 15.1 Å². The summed E-state index contributed by atoms with van der Waals surface area (Å²) in [4.78, 5) is 27.6. The number of aromatic carboxylic acids is 1. The van der Waals surface area contributed by atoms with Crippen LogP contribution >= 0.6 is 0 Å². The second kappa shape index (κ2) is 7.54. The molecule has 6 nitrogen and oxygen atoms in total. The third-order valence-electron chi connectivity index (χ3n) is 5.50. The molecule has 0 aromatic heterocycles. The lowest BCUT2D eigenvalue weighted by Crippen LogP contribution is -2.54. The summed E-state index contributed by atoms with van der Waals surface area (Å²) in [6.07, 6.45) is 3.56. The molecule has 2 aliphatic heterocycles. The Morgan fingerprint density at radius 1 is 1.20 bits per heavy atom. The molecule has 1 amide bonds. The number of carbonyl (C=O) groups excluding carboxylic acids is 1. The third-order valence-corrected chi connectivity index (χ3v) is 5.50. The largest absolute Gasteiger partial charge is 0.478 e. The number of hydrogen-bond donors (Lipinski definition) is 2. The lowest BCUT2D eigenvalue weighted by molar-refractivity contribution is -0.140. The molecule has 2 aliphatic rings. The van der Waals surface area contributed by atoms with Crippen molar-refractivity contribution in [1.82, 2.24) is 9.80 Å². The standard InChI is InChI=1S/C19H26N2O4/c22-11-10-21-14-19(8-6-17(21)23)7-3-9-20(13-19)12-15-4-1-2-5-16(15)18(24)25/h1-2,4-5,22H,3,6-14H2,(H,24,25)/t19-/m0/s1. The molecule has 2 heterocycles. The number of aliphatic hydroxyl groups excluding tert-OH is 1. The van der Waals surface area contributed by atoms with Gasteiger partial charge >= 0.3 is 5.97 Å². The number of likely N-dealkylation sites (tertiary alicyclic amines) is 2. The summed E-state index contributed by atoms with van der Waals surface area (Å²) in [6, 6.07) is 7.17. The van der Waals surface area contributed by atoms with Crippen LogP contribution in [0.1, 0.15) is 41.6 Å².